The monoisotopic (exact) mass is 411 g/mol. The number of para-hydroxylation sites is 2. The van der Waals surface area contributed by atoms with Crippen LogP contribution in [0.15, 0.2) is 47.4 Å². The molecule has 1 aliphatic rings. The number of benzene rings is 2. The van der Waals surface area contributed by atoms with Crippen molar-refractivity contribution in [3.8, 4) is 11.5 Å². The molecule has 9 heteroatoms. The molecular formula is C18H18ClNO6S. The van der Waals surface area contributed by atoms with E-state index in [1.807, 2.05) is 0 Å². The fraction of sp³-hybridized carbons (Fsp3) is 0.278. The van der Waals surface area contributed by atoms with E-state index in [0.717, 1.165) is 0 Å². The number of carbonyl (C=O) groups excluding carboxylic acids is 1. The van der Waals surface area contributed by atoms with Crippen molar-refractivity contribution in [3.05, 3.63) is 53.1 Å². The summed E-state index contributed by atoms with van der Waals surface area (Å²) in [4.78, 5) is 12.4. The van der Waals surface area contributed by atoms with Crippen LogP contribution in [0.25, 0.3) is 0 Å². The maximum absolute atomic E-state index is 12.9. The molecule has 0 spiro atoms. The van der Waals surface area contributed by atoms with Crippen molar-refractivity contribution in [2.75, 3.05) is 33.4 Å². The summed E-state index contributed by atoms with van der Waals surface area (Å²) in [7, 11) is -2.39. The van der Waals surface area contributed by atoms with Crippen LogP contribution in [-0.4, -0.2) is 52.1 Å². The summed E-state index contributed by atoms with van der Waals surface area (Å²) in [6, 6.07) is 10.7. The van der Waals surface area contributed by atoms with Crippen LogP contribution in [0.2, 0.25) is 5.02 Å². The number of esters is 1. The van der Waals surface area contributed by atoms with E-state index in [1.165, 1.54) is 29.6 Å². The van der Waals surface area contributed by atoms with Gasteiger partial charge in [0.1, 0.15) is 4.90 Å². The quantitative estimate of drug-likeness (QED) is 0.555. The molecule has 0 bridgehead atoms. The molecule has 2 aromatic carbocycles. The molecule has 0 atom stereocenters. The molecule has 0 unspecified atom stereocenters. The van der Waals surface area contributed by atoms with E-state index in [2.05, 4.69) is 0 Å². The van der Waals surface area contributed by atoms with Gasteiger partial charge in [-0.1, -0.05) is 23.7 Å². The van der Waals surface area contributed by atoms with Gasteiger partial charge < -0.3 is 14.2 Å². The topological polar surface area (TPSA) is 82.1 Å². The summed E-state index contributed by atoms with van der Waals surface area (Å²) in [5, 5.41) is 0.0373. The predicted molar refractivity (Wildman–Crippen MR) is 99.0 cm³/mol. The Hall–Kier alpha value is -2.13. The normalized spacial score (nSPS) is 15.3. The zero-order valence-electron chi connectivity index (χ0n) is 14.6. The SMILES string of the molecule is COc1ccccc1OC(=O)c1ccc(Cl)c(S(=O)(=O)N2CCOCC2)c1. The first-order chi connectivity index (χ1) is 12.9. The maximum Gasteiger partial charge on any atom is 0.343 e. The largest absolute Gasteiger partial charge is 0.493 e. The second kappa shape index (κ2) is 8.26. The summed E-state index contributed by atoms with van der Waals surface area (Å²) in [6.07, 6.45) is 0. The van der Waals surface area contributed by atoms with Gasteiger partial charge in [0, 0.05) is 13.1 Å². The van der Waals surface area contributed by atoms with Gasteiger partial charge in [-0.3, -0.25) is 0 Å². The van der Waals surface area contributed by atoms with E-state index in [0.29, 0.717) is 19.0 Å². The molecule has 0 N–H and O–H groups in total. The molecule has 0 aliphatic carbocycles. The number of ether oxygens (including phenoxy) is 3. The highest BCUT2D eigenvalue weighted by Crippen LogP contribution is 2.29. The van der Waals surface area contributed by atoms with E-state index in [1.54, 1.807) is 24.3 Å². The first kappa shape index (κ1) is 19.6. The zero-order chi connectivity index (χ0) is 19.4. The second-order valence-corrected chi connectivity index (χ2v) is 8.02. The van der Waals surface area contributed by atoms with Crippen molar-refractivity contribution in [1.82, 2.24) is 4.31 Å². The number of morpholine rings is 1. The number of hydrogen-bond donors (Lipinski definition) is 0. The lowest BCUT2D eigenvalue weighted by atomic mass is 10.2. The van der Waals surface area contributed by atoms with Crippen LogP contribution < -0.4 is 9.47 Å². The lowest BCUT2D eigenvalue weighted by molar-refractivity contribution is 0.0725. The minimum absolute atomic E-state index is 0.0373. The highest BCUT2D eigenvalue weighted by Gasteiger charge is 2.29. The number of rotatable bonds is 5. The Morgan fingerprint density at radius 2 is 1.78 bits per heavy atom. The van der Waals surface area contributed by atoms with Crippen LogP contribution in [0.4, 0.5) is 0 Å². The maximum atomic E-state index is 12.9. The Morgan fingerprint density at radius 1 is 1.11 bits per heavy atom. The van der Waals surface area contributed by atoms with E-state index in [9.17, 15) is 13.2 Å². The van der Waals surface area contributed by atoms with Crippen molar-refractivity contribution in [2.45, 2.75) is 4.90 Å². The smallest absolute Gasteiger partial charge is 0.343 e. The van der Waals surface area contributed by atoms with E-state index in [-0.39, 0.29) is 34.3 Å². The van der Waals surface area contributed by atoms with Gasteiger partial charge in [0.25, 0.3) is 0 Å². The Balaban J connectivity index is 1.89. The molecule has 1 aliphatic heterocycles. The van der Waals surface area contributed by atoms with E-state index < -0.39 is 16.0 Å². The van der Waals surface area contributed by atoms with Crippen molar-refractivity contribution in [1.29, 1.82) is 0 Å². The fourth-order valence-electron chi connectivity index (χ4n) is 2.62. The average molecular weight is 412 g/mol. The summed E-state index contributed by atoms with van der Waals surface area (Å²) in [5.41, 5.74) is 0.0668. The first-order valence-electron chi connectivity index (χ1n) is 8.16. The highest BCUT2D eigenvalue weighted by molar-refractivity contribution is 7.89. The van der Waals surface area contributed by atoms with Gasteiger partial charge in [-0.15, -0.1) is 0 Å². The molecule has 3 rings (SSSR count). The molecule has 2 aromatic rings. The third-order valence-electron chi connectivity index (χ3n) is 4.03. The molecule has 1 saturated heterocycles. The third kappa shape index (κ3) is 4.24. The van der Waals surface area contributed by atoms with Gasteiger partial charge in [0.2, 0.25) is 10.0 Å². The highest BCUT2D eigenvalue weighted by atomic mass is 35.5. The molecule has 1 heterocycles. The van der Waals surface area contributed by atoms with Crippen LogP contribution in [0.3, 0.4) is 0 Å². The molecule has 1 fully saturated rings. The Labute approximate surface area is 162 Å². The van der Waals surface area contributed by atoms with Crippen molar-refractivity contribution < 1.29 is 27.4 Å². The Kier molecular flexibility index (Phi) is 6.01. The minimum atomic E-state index is -3.85. The van der Waals surface area contributed by atoms with Crippen molar-refractivity contribution in [2.24, 2.45) is 0 Å². The average Bonchev–Trinajstić information content (AvgIpc) is 2.69. The van der Waals surface area contributed by atoms with Crippen molar-refractivity contribution in [3.63, 3.8) is 0 Å². The summed E-state index contributed by atoms with van der Waals surface area (Å²) >= 11 is 6.10. The number of methoxy groups -OCH3 is 1. The fourth-order valence-corrected chi connectivity index (χ4v) is 4.52. The molecule has 0 radical (unpaired) electrons. The lowest BCUT2D eigenvalue weighted by Gasteiger charge is -2.26. The second-order valence-electron chi connectivity index (χ2n) is 5.70. The molecule has 144 valence electrons. The standard InChI is InChI=1S/C18H18ClNO6S/c1-24-15-4-2-3-5-16(15)26-18(21)13-6-7-14(19)17(12-13)27(22,23)20-8-10-25-11-9-20/h2-7,12H,8-11H2,1H3. The van der Waals surface area contributed by atoms with Gasteiger partial charge >= 0.3 is 5.97 Å². The zero-order valence-corrected chi connectivity index (χ0v) is 16.1. The van der Waals surface area contributed by atoms with Crippen LogP contribution in [0.5, 0.6) is 11.5 Å². The molecule has 0 amide bonds. The van der Waals surface area contributed by atoms with Crippen molar-refractivity contribution >= 4 is 27.6 Å². The number of sulfonamides is 1. The molecule has 7 nitrogen and oxygen atoms in total. The number of hydrogen-bond acceptors (Lipinski definition) is 6. The Morgan fingerprint density at radius 3 is 2.44 bits per heavy atom. The van der Waals surface area contributed by atoms with Crippen LogP contribution in [-0.2, 0) is 14.8 Å². The van der Waals surface area contributed by atoms with E-state index >= 15 is 0 Å². The number of halogens is 1. The van der Waals surface area contributed by atoms with Gasteiger partial charge in [-0.25, -0.2) is 13.2 Å². The molecule has 27 heavy (non-hydrogen) atoms. The molecule has 0 saturated carbocycles. The third-order valence-corrected chi connectivity index (χ3v) is 6.41. The Bertz CT molecular complexity index is 941. The van der Waals surface area contributed by atoms with Gasteiger partial charge in [0.05, 0.1) is 30.9 Å². The number of carbonyl (C=O) groups is 1. The first-order valence-corrected chi connectivity index (χ1v) is 9.98. The van der Waals surface area contributed by atoms with E-state index in [4.69, 9.17) is 25.8 Å². The summed E-state index contributed by atoms with van der Waals surface area (Å²) in [5.74, 6) is -0.0897. The van der Waals surface area contributed by atoms with Crippen LogP contribution >= 0.6 is 11.6 Å². The molecular weight excluding hydrogens is 394 g/mol. The van der Waals surface area contributed by atoms with Gasteiger partial charge in [0.15, 0.2) is 11.5 Å². The van der Waals surface area contributed by atoms with Gasteiger partial charge in [-0.2, -0.15) is 4.31 Å². The van der Waals surface area contributed by atoms with Crippen LogP contribution in [0, 0.1) is 0 Å². The minimum Gasteiger partial charge on any atom is -0.493 e. The number of nitrogens with zero attached hydrogens (tertiary/aromatic N) is 1. The molecule has 0 aromatic heterocycles. The lowest BCUT2D eigenvalue weighted by Crippen LogP contribution is -2.40. The van der Waals surface area contributed by atoms with Crippen LogP contribution in [0.1, 0.15) is 10.4 Å². The summed E-state index contributed by atoms with van der Waals surface area (Å²) < 4.78 is 42.7. The van der Waals surface area contributed by atoms with Gasteiger partial charge in [-0.05, 0) is 30.3 Å². The predicted octanol–water partition coefficient (Wildman–Crippen LogP) is 2.59. The summed E-state index contributed by atoms with van der Waals surface area (Å²) in [6.45, 7) is 1.09.